The lowest BCUT2D eigenvalue weighted by Crippen LogP contribution is -2.35. The Morgan fingerprint density at radius 3 is 1.94 bits per heavy atom. The highest BCUT2D eigenvalue weighted by molar-refractivity contribution is 5.71. The number of carbonyl (C=O) groups excluding carboxylic acids is 2. The number of unbranched alkanes of at least 4 members (excludes halogenated alkanes) is 7. The van der Waals surface area contributed by atoms with E-state index in [0.717, 1.165) is 56.3 Å². The minimum Gasteiger partial charge on any atom is -0.465 e. The van der Waals surface area contributed by atoms with E-state index in [1.54, 1.807) is 0 Å². The second kappa shape index (κ2) is 22.8. The third-order valence-electron chi connectivity index (χ3n) is 4.69. The number of quaternary nitrogens is 1. The van der Waals surface area contributed by atoms with Gasteiger partial charge >= 0.3 is 12.0 Å². The van der Waals surface area contributed by atoms with Crippen LogP contribution in [0, 0.1) is 5.92 Å². The van der Waals surface area contributed by atoms with Crippen LogP contribution >= 0.6 is 0 Å². The SMILES string of the molecule is CC(C)COC(=O)CCC[N+](C)(C)C.CCCCCCCOCCCCCCNC(N)=O. The lowest BCUT2D eigenvalue weighted by molar-refractivity contribution is -0.870. The van der Waals surface area contributed by atoms with Crippen molar-refractivity contribution in [1.29, 1.82) is 0 Å². The predicted molar refractivity (Wildman–Crippen MR) is 134 cm³/mol. The van der Waals surface area contributed by atoms with Gasteiger partial charge in [-0.05, 0) is 25.2 Å². The van der Waals surface area contributed by atoms with Gasteiger partial charge in [-0.1, -0.05) is 59.3 Å². The fraction of sp³-hybridized carbons (Fsp3) is 0.920. The molecule has 0 bridgehead atoms. The summed E-state index contributed by atoms with van der Waals surface area (Å²) < 4.78 is 11.5. The van der Waals surface area contributed by atoms with E-state index in [2.05, 4.69) is 33.4 Å². The van der Waals surface area contributed by atoms with Gasteiger partial charge in [0.2, 0.25) is 0 Å². The zero-order valence-electron chi connectivity index (χ0n) is 22.0. The number of primary amides is 1. The van der Waals surface area contributed by atoms with Gasteiger partial charge in [0, 0.05) is 26.2 Å². The number of amides is 2. The molecule has 3 N–H and O–H groups in total. The van der Waals surface area contributed by atoms with Crippen LogP contribution in [0.4, 0.5) is 4.79 Å². The maximum atomic E-state index is 11.2. The van der Waals surface area contributed by atoms with Crippen LogP contribution in [0.25, 0.3) is 0 Å². The van der Waals surface area contributed by atoms with Crippen molar-refractivity contribution >= 4 is 12.0 Å². The summed E-state index contributed by atoms with van der Waals surface area (Å²) in [6.07, 6.45) is 12.3. The smallest absolute Gasteiger partial charge is 0.312 e. The van der Waals surface area contributed by atoms with Gasteiger partial charge < -0.3 is 25.0 Å². The highest BCUT2D eigenvalue weighted by Gasteiger charge is 2.09. The van der Waals surface area contributed by atoms with Crippen LogP contribution in [-0.2, 0) is 14.3 Å². The van der Waals surface area contributed by atoms with Crippen molar-refractivity contribution < 1.29 is 23.5 Å². The summed E-state index contributed by atoms with van der Waals surface area (Å²) in [5.74, 6) is 0.365. The van der Waals surface area contributed by atoms with Crippen molar-refractivity contribution in [2.24, 2.45) is 11.7 Å². The lowest BCUT2D eigenvalue weighted by Gasteiger charge is -2.23. The molecular weight excluding hydrogens is 406 g/mol. The topological polar surface area (TPSA) is 90.7 Å². The molecule has 0 aliphatic heterocycles. The Morgan fingerprint density at radius 2 is 1.44 bits per heavy atom. The van der Waals surface area contributed by atoms with Crippen LogP contribution in [-0.4, -0.2) is 70.5 Å². The van der Waals surface area contributed by atoms with Gasteiger partial charge in [-0.2, -0.15) is 0 Å². The monoisotopic (exact) mass is 460 g/mol. The van der Waals surface area contributed by atoms with E-state index >= 15 is 0 Å². The molecule has 0 aliphatic rings. The molecule has 0 unspecified atom stereocenters. The number of urea groups is 1. The van der Waals surface area contributed by atoms with E-state index in [4.69, 9.17) is 15.2 Å². The van der Waals surface area contributed by atoms with E-state index in [9.17, 15) is 9.59 Å². The van der Waals surface area contributed by atoms with Gasteiger partial charge in [0.05, 0.1) is 40.7 Å². The summed E-state index contributed by atoms with van der Waals surface area (Å²) in [7, 11) is 6.37. The normalized spacial score (nSPS) is 11.1. The molecule has 0 rings (SSSR count). The maximum absolute atomic E-state index is 11.2. The molecule has 0 aromatic heterocycles. The van der Waals surface area contributed by atoms with E-state index in [-0.39, 0.29) is 5.97 Å². The number of ether oxygens (including phenoxy) is 2. The van der Waals surface area contributed by atoms with Crippen molar-refractivity contribution in [3.05, 3.63) is 0 Å². The molecule has 7 nitrogen and oxygen atoms in total. The molecule has 0 saturated heterocycles. The molecule has 32 heavy (non-hydrogen) atoms. The number of hydrogen-bond acceptors (Lipinski definition) is 4. The van der Waals surface area contributed by atoms with E-state index < -0.39 is 6.03 Å². The molecule has 0 saturated carbocycles. The Labute approximate surface area is 198 Å². The first-order valence-electron chi connectivity index (χ1n) is 12.7. The number of carbonyl (C=O) groups is 2. The third-order valence-corrected chi connectivity index (χ3v) is 4.69. The molecule has 0 heterocycles. The second-order valence-electron chi connectivity index (χ2n) is 9.93. The Hall–Kier alpha value is -1.34. The molecule has 0 fully saturated rings. The van der Waals surface area contributed by atoms with Crippen LogP contribution in [0.15, 0.2) is 0 Å². The summed E-state index contributed by atoms with van der Waals surface area (Å²) in [5.41, 5.74) is 4.96. The fourth-order valence-electron chi connectivity index (χ4n) is 2.83. The van der Waals surface area contributed by atoms with Crippen molar-refractivity contribution in [1.82, 2.24) is 5.32 Å². The van der Waals surface area contributed by atoms with Crippen LogP contribution in [0.5, 0.6) is 0 Å². The number of nitrogens with zero attached hydrogens (tertiary/aromatic N) is 1. The van der Waals surface area contributed by atoms with Crippen molar-refractivity contribution in [2.75, 3.05) is 54.1 Å². The van der Waals surface area contributed by atoms with Crippen LogP contribution in [0.1, 0.15) is 91.4 Å². The highest BCUT2D eigenvalue weighted by atomic mass is 16.5. The van der Waals surface area contributed by atoms with Crippen molar-refractivity contribution in [3.8, 4) is 0 Å². The minimum absolute atomic E-state index is 0.0628. The molecule has 2 amide bonds. The van der Waals surface area contributed by atoms with Gasteiger partial charge in [0.25, 0.3) is 0 Å². The second-order valence-corrected chi connectivity index (χ2v) is 9.93. The molecule has 0 aliphatic carbocycles. The summed E-state index contributed by atoms with van der Waals surface area (Å²) in [5, 5.41) is 2.59. The van der Waals surface area contributed by atoms with Crippen LogP contribution < -0.4 is 11.1 Å². The van der Waals surface area contributed by atoms with Crippen LogP contribution in [0.3, 0.4) is 0 Å². The van der Waals surface area contributed by atoms with Crippen molar-refractivity contribution in [3.63, 3.8) is 0 Å². The lowest BCUT2D eigenvalue weighted by atomic mass is 10.2. The Kier molecular flexibility index (Phi) is 23.4. The third kappa shape index (κ3) is 33.3. The van der Waals surface area contributed by atoms with Crippen LogP contribution in [0.2, 0.25) is 0 Å². The average molecular weight is 461 g/mol. The number of esters is 1. The maximum Gasteiger partial charge on any atom is 0.312 e. The molecule has 0 atom stereocenters. The van der Waals surface area contributed by atoms with Gasteiger partial charge in [-0.15, -0.1) is 0 Å². The molecular formula is C25H54N3O4+. The zero-order valence-corrected chi connectivity index (χ0v) is 22.0. The van der Waals surface area contributed by atoms with Crippen molar-refractivity contribution in [2.45, 2.75) is 91.4 Å². The minimum atomic E-state index is -0.429. The van der Waals surface area contributed by atoms with E-state index in [1.807, 2.05) is 13.8 Å². The Morgan fingerprint density at radius 1 is 0.875 bits per heavy atom. The predicted octanol–water partition coefficient (Wildman–Crippen LogP) is 4.87. The number of hydrogen-bond donors (Lipinski definition) is 2. The molecule has 0 aromatic carbocycles. The number of rotatable bonds is 19. The summed E-state index contributed by atoms with van der Waals surface area (Å²) in [6.45, 7) is 10.3. The highest BCUT2D eigenvalue weighted by Crippen LogP contribution is 2.04. The van der Waals surface area contributed by atoms with Gasteiger partial charge in [-0.25, -0.2) is 4.79 Å². The standard InChI is InChI=1S/C14H30N2O2.C11H24NO2/c1-2-3-4-6-9-12-18-13-10-7-5-8-11-16-14(15)17;1-10(2)9-14-11(13)7-6-8-12(3,4)5/h2-13H2,1H3,(H3,15,16,17);10H,6-9H2,1-5H3/q;+1. The first kappa shape index (κ1) is 32.8. The largest absolute Gasteiger partial charge is 0.465 e. The summed E-state index contributed by atoms with van der Waals surface area (Å²) in [4.78, 5) is 21.6. The first-order chi connectivity index (χ1) is 15.1. The molecule has 0 aromatic rings. The Bertz CT molecular complexity index is 437. The molecule has 0 radical (unpaired) electrons. The molecule has 0 spiro atoms. The first-order valence-corrected chi connectivity index (χ1v) is 12.7. The Balaban J connectivity index is 0. The number of nitrogens with two attached hydrogens (primary N) is 1. The summed E-state index contributed by atoms with van der Waals surface area (Å²) in [6, 6.07) is -0.429. The van der Waals surface area contributed by atoms with Gasteiger partial charge in [0.15, 0.2) is 0 Å². The molecule has 192 valence electrons. The average Bonchev–Trinajstić information content (AvgIpc) is 2.69. The van der Waals surface area contributed by atoms with Gasteiger partial charge in [0.1, 0.15) is 0 Å². The summed E-state index contributed by atoms with van der Waals surface area (Å²) >= 11 is 0. The quantitative estimate of drug-likeness (QED) is 0.163. The zero-order chi connectivity index (χ0) is 24.7. The molecule has 7 heteroatoms. The fourth-order valence-corrected chi connectivity index (χ4v) is 2.83. The van der Waals surface area contributed by atoms with E-state index in [1.165, 1.54) is 32.1 Å². The van der Waals surface area contributed by atoms with Gasteiger partial charge in [-0.3, -0.25) is 4.79 Å². The number of nitrogens with one attached hydrogen (secondary N) is 1. The van der Waals surface area contributed by atoms with E-state index in [0.29, 0.717) is 25.5 Å².